The van der Waals surface area contributed by atoms with Gasteiger partial charge in [0.1, 0.15) is 12.7 Å². The molecule has 0 atom stereocenters. The van der Waals surface area contributed by atoms with E-state index in [1.165, 1.54) is 6.42 Å². The summed E-state index contributed by atoms with van der Waals surface area (Å²) in [5.74, 6) is 0.817. The predicted octanol–water partition coefficient (Wildman–Crippen LogP) is 2.79. The Morgan fingerprint density at radius 2 is 1.71 bits per heavy atom. The van der Waals surface area contributed by atoms with Crippen LogP contribution in [0.1, 0.15) is 60.3 Å². The maximum atomic E-state index is 4.39. The van der Waals surface area contributed by atoms with Gasteiger partial charge in [-0.2, -0.15) is 0 Å². The molecule has 1 N–H and O–H groups in total. The normalized spacial score (nSPS) is 21.2. The molecule has 0 bridgehead atoms. The molecule has 2 heterocycles. The summed E-state index contributed by atoms with van der Waals surface area (Å²) in [7, 11) is 0. The molecule has 5 nitrogen and oxygen atoms in total. The molecule has 2 rings (SSSR count). The van der Waals surface area contributed by atoms with Crippen LogP contribution in [0.5, 0.6) is 0 Å². The molecule has 21 heavy (non-hydrogen) atoms. The van der Waals surface area contributed by atoms with Crippen molar-refractivity contribution in [1.29, 1.82) is 0 Å². The average Bonchev–Trinajstić information content (AvgIpc) is 2.37. The van der Waals surface area contributed by atoms with Gasteiger partial charge in [-0.15, -0.1) is 0 Å². The van der Waals surface area contributed by atoms with Crippen LogP contribution in [0.4, 0.5) is 5.95 Å². The minimum atomic E-state index is 0.129. The van der Waals surface area contributed by atoms with Gasteiger partial charge in [0, 0.05) is 23.7 Å². The first kappa shape index (κ1) is 16.1. The number of piperidine rings is 1. The Bertz CT molecular complexity index is 427. The van der Waals surface area contributed by atoms with Gasteiger partial charge in [0.05, 0.1) is 0 Å². The summed E-state index contributed by atoms with van der Waals surface area (Å²) >= 11 is 0. The Kier molecular flexibility index (Phi) is 4.81. The van der Waals surface area contributed by atoms with E-state index < -0.39 is 0 Å². The summed E-state index contributed by atoms with van der Waals surface area (Å²) in [6.07, 6.45) is 7.74. The molecule has 0 aromatic carbocycles. The van der Waals surface area contributed by atoms with Crippen LogP contribution < -0.4 is 10.2 Å². The Morgan fingerprint density at radius 1 is 1.14 bits per heavy atom. The number of nitrogens with one attached hydrogen (secondary N) is 1. The third kappa shape index (κ3) is 4.37. The first-order valence-electron chi connectivity index (χ1n) is 8.01. The molecule has 1 aromatic rings. The fraction of sp³-hybridized carbons (Fsp3) is 0.812. The van der Waals surface area contributed by atoms with Crippen LogP contribution in [0.25, 0.3) is 0 Å². The molecule has 1 fully saturated rings. The van der Waals surface area contributed by atoms with E-state index in [2.05, 4.69) is 59.8 Å². The van der Waals surface area contributed by atoms with Crippen LogP contribution in [0.15, 0.2) is 12.7 Å². The van der Waals surface area contributed by atoms with E-state index in [1.807, 2.05) is 0 Å². The zero-order valence-electron chi connectivity index (χ0n) is 14.1. The van der Waals surface area contributed by atoms with E-state index >= 15 is 0 Å². The van der Waals surface area contributed by atoms with Crippen molar-refractivity contribution in [3.05, 3.63) is 12.7 Å². The van der Waals surface area contributed by atoms with Gasteiger partial charge >= 0.3 is 0 Å². The molecule has 1 saturated heterocycles. The van der Waals surface area contributed by atoms with Crippen molar-refractivity contribution in [1.82, 2.24) is 20.3 Å². The molecule has 0 aliphatic carbocycles. The van der Waals surface area contributed by atoms with Gasteiger partial charge in [-0.05, 0) is 47.0 Å². The number of nitrogens with zero attached hydrogens (tertiary/aromatic N) is 4. The summed E-state index contributed by atoms with van der Waals surface area (Å²) in [5, 5.41) is 3.74. The van der Waals surface area contributed by atoms with E-state index in [0.717, 1.165) is 31.8 Å². The predicted molar refractivity (Wildman–Crippen MR) is 86.4 cm³/mol. The minimum absolute atomic E-state index is 0.129. The molecule has 1 aliphatic heterocycles. The number of unbranched alkanes of at least 4 members (excludes halogenated alkanes) is 1. The monoisotopic (exact) mass is 291 g/mol. The Balaban J connectivity index is 2.23. The van der Waals surface area contributed by atoms with Crippen molar-refractivity contribution >= 4 is 5.95 Å². The summed E-state index contributed by atoms with van der Waals surface area (Å²) in [4.78, 5) is 15.1. The van der Waals surface area contributed by atoms with Crippen LogP contribution in [-0.2, 0) is 0 Å². The van der Waals surface area contributed by atoms with Crippen molar-refractivity contribution < 1.29 is 0 Å². The lowest BCUT2D eigenvalue weighted by molar-refractivity contribution is 0.157. The lowest BCUT2D eigenvalue weighted by Crippen LogP contribution is -2.62. The molecular weight excluding hydrogens is 262 g/mol. The van der Waals surface area contributed by atoms with Gasteiger partial charge in [-0.3, -0.25) is 0 Å². The van der Waals surface area contributed by atoms with Crippen molar-refractivity contribution in [3.63, 3.8) is 0 Å². The van der Waals surface area contributed by atoms with Gasteiger partial charge < -0.3 is 10.2 Å². The van der Waals surface area contributed by atoms with E-state index in [1.54, 1.807) is 12.7 Å². The minimum Gasteiger partial charge on any atom is -0.338 e. The number of aromatic nitrogens is 3. The van der Waals surface area contributed by atoms with Gasteiger partial charge in [-0.25, -0.2) is 15.0 Å². The molecule has 0 radical (unpaired) electrons. The van der Waals surface area contributed by atoms with E-state index in [9.17, 15) is 0 Å². The zero-order chi connectivity index (χ0) is 15.5. The lowest BCUT2D eigenvalue weighted by Gasteiger charge is -2.49. The van der Waals surface area contributed by atoms with Gasteiger partial charge in [0.2, 0.25) is 5.95 Å². The Hall–Kier alpha value is -1.23. The van der Waals surface area contributed by atoms with Gasteiger partial charge in [0.15, 0.2) is 0 Å². The summed E-state index contributed by atoms with van der Waals surface area (Å²) in [5.41, 5.74) is 0.258. The highest BCUT2D eigenvalue weighted by atomic mass is 15.3. The quantitative estimate of drug-likeness (QED) is 0.904. The summed E-state index contributed by atoms with van der Waals surface area (Å²) in [6, 6.07) is 0.463. The van der Waals surface area contributed by atoms with Crippen molar-refractivity contribution in [3.8, 4) is 0 Å². The fourth-order valence-corrected chi connectivity index (χ4v) is 3.64. The lowest BCUT2D eigenvalue weighted by atomic mass is 9.79. The first-order valence-corrected chi connectivity index (χ1v) is 8.01. The van der Waals surface area contributed by atoms with Crippen LogP contribution in [-0.4, -0.2) is 38.6 Å². The SMILES string of the molecule is CCCCN(c1ncncn1)C1CC(C)(C)NC(C)(C)C1. The third-order valence-corrected chi connectivity index (χ3v) is 4.10. The molecule has 0 saturated carbocycles. The maximum absolute atomic E-state index is 4.39. The highest BCUT2D eigenvalue weighted by Gasteiger charge is 2.40. The van der Waals surface area contributed by atoms with Crippen LogP contribution in [0, 0.1) is 0 Å². The topological polar surface area (TPSA) is 53.9 Å². The zero-order valence-corrected chi connectivity index (χ0v) is 14.1. The van der Waals surface area contributed by atoms with Crippen LogP contribution >= 0.6 is 0 Å². The molecular formula is C16H29N5. The van der Waals surface area contributed by atoms with Gasteiger partial charge in [-0.1, -0.05) is 13.3 Å². The number of rotatable bonds is 5. The van der Waals surface area contributed by atoms with Crippen molar-refractivity contribution in [2.24, 2.45) is 0 Å². The van der Waals surface area contributed by atoms with Crippen LogP contribution in [0.3, 0.4) is 0 Å². The fourth-order valence-electron chi connectivity index (χ4n) is 3.64. The first-order chi connectivity index (χ1) is 9.83. The van der Waals surface area contributed by atoms with Gasteiger partial charge in [0.25, 0.3) is 0 Å². The second kappa shape index (κ2) is 6.26. The van der Waals surface area contributed by atoms with E-state index in [-0.39, 0.29) is 11.1 Å². The van der Waals surface area contributed by atoms with E-state index in [0.29, 0.717) is 6.04 Å². The Morgan fingerprint density at radius 3 is 2.24 bits per heavy atom. The molecule has 0 amide bonds. The standard InChI is InChI=1S/C16H29N5/c1-6-7-8-21(14-18-11-17-12-19-14)13-9-15(2,3)20-16(4,5)10-13/h11-13,20H,6-10H2,1-5H3. The maximum Gasteiger partial charge on any atom is 0.228 e. The molecule has 1 aliphatic rings. The Labute approximate surface area is 128 Å². The number of anilines is 1. The molecule has 1 aromatic heterocycles. The molecule has 0 spiro atoms. The number of hydrogen-bond donors (Lipinski definition) is 1. The number of hydrogen-bond acceptors (Lipinski definition) is 5. The highest BCUT2D eigenvalue weighted by Crippen LogP contribution is 2.32. The van der Waals surface area contributed by atoms with E-state index in [4.69, 9.17) is 0 Å². The molecule has 118 valence electrons. The summed E-state index contributed by atoms with van der Waals surface area (Å²) < 4.78 is 0. The second-order valence-corrected chi connectivity index (χ2v) is 7.44. The van der Waals surface area contributed by atoms with Crippen LogP contribution in [0.2, 0.25) is 0 Å². The molecule has 0 unspecified atom stereocenters. The second-order valence-electron chi connectivity index (χ2n) is 7.44. The van der Waals surface area contributed by atoms with Crippen molar-refractivity contribution in [2.75, 3.05) is 11.4 Å². The smallest absolute Gasteiger partial charge is 0.228 e. The molecule has 5 heteroatoms. The summed E-state index contributed by atoms with van der Waals surface area (Å²) in [6.45, 7) is 12.4. The highest BCUT2D eigenvalue weighted by molar-refractivity contribution is 5.31. The largest absolute Gasteiger partial charge is 0.338 e. The van der Waals surface area contributed by atoms with Crippen molar-refractivity contribution in [2.45, 2.75) is 77.4 Å². The average molecular weight is 291 g/mol. The third-order valence-electron chi connectivity index (χ3n) is 4.10.